The van der Waals surface area contributed by atoms with Gasteiger partial charge in [-0.15, -0.1) is 0 Å². The summed E-state index contributed by atoms with van der Waals surface area (Å²) in [4.78, 5) is 20.0. The number of nitrogens with zero attached hydrogens (tertiary/aromatic N) is 3. The largest absolute Gasteiger partial charge is 0.324 e. The smallest absolute Gasteiger partial charge is 0.321 e. The molecule has 1 aliphatic rings. The Hall–Kier alpha value is -1.69. The molecule has 1 aromatic rings. The van der Waals surface area contributed by atoms with Crippen LogP contribution in [0, 0.1) is 5.95 Å². The molecule has 22 heavy (non-hydrogen) atoms. The SMILES string of the molecule is CCN(CCN1CCCCCC1)C(=O)Nc1ccc(F)nc1. The monoisotopic (exact) mass is 308 g/mol. The van der Waals surface area contributed by atoms with Crippen LogP contribution in [0.2, 0.25) is 0 Å². The number of anilines is 1. The number of urea groups is 1. The summed E-state index contributed by atoms with van der Waals surface area (Å²) in [5.41, 5.74) is 0.514. The average molecular weight is 308 g/mol. The first kappa shape index (κ1) is 16.7. The van der Waals surface area contributed by atoms with Crippen molar-refractivity contribution in [1.82, 2.24) is 14.8 Å². The van der Waals surface area contributed by atoms with E-state index >= 15 is 0 Å². The minimum absolute atomic E-state index is 0.161. The van der Waals surface area contributed by atoms with E-state index in [9.17, 15) is 9.18 Å². The molecule has 1 aromatic heterocycles. The molecule has 2 amide bonds. The number of halogens is 1. The van der Waals surface area contributed by atoms with Gasteiger partial charge in [-0.25, -0.2) is 9.78 Å². The highest BCUT2D eigenvalue weighted by Crippen LogP contribution is 2.10. The second kappa shape index (κ2) is 8.68. The fraction of sp³-hybridized carbons (Fsp3) is 0.625. The molecular weight excluding hydrogens is 283 g/mol. The number of amides is 2. The van der Waals surface area contributed by atoms with Gasteiger partial charge in [-0.1, -0.05) is 12.8 Å². The van der Waals surface area contributed by atoms with Gasteiger partial charge in [0, 0.05) is 19.6 Å². The van der Waals surface area contributed by atoms with Crippen LogP contribution in [0.5, 0.6) is 0 Å². The molecule has 122 valence electrons. The van der Waals surface area contributed by atoms with Crippen molar-refractivity contribution in [2.45, 2.75) is 32.6 Å². The Morgan fingerprint density at radius 3 is 2.64 bits per heavy atom. The van der Waals surface area contributed by atoms with Crippen LogP contribution in [0.25, 0.3) is 0 Å². The van der Waals surface area contributed by atoms with Crippen molar-refractivity contribution in [1.29, 1.82) is 0 Å². The van der Waals surface area contributed by atoms with Gasteiger partial charge in [0.2, 0.25) is 5.95 Å². The number of rotatable bonds is 5. The summed E-state index contributed by atoms with van der Waals surface area (Å²) in [6.07, 6.45) is 6.45. The van der Waals surface area contributed by atoms with Crippen LogP contribution >= 0.6 is 0 Å². The Morgan fingerprint density at radius 1 is 1.32 bits per heavy atom. The predicted molar refractivity (Wildman–Crippen MR) is 85.4 cm³/mol. The van der Waals surface area contributed by atoms with E-state index in [-0.39, 0.29) is 6.03 Å². The standard InChI is InChI=1S/C16H25FN4O/c1-2-21(12-11-20-9-5-3-4-6-10-20)16(22)19-14-7-8-15(17)18-13-14/h7-8,13H,2-6,9-12H2,1H3,(H,19,22). The van der Waals surface area contributed by atoms with E-state index in [0.29, 0.717) is 18.8 Å². The van der Waals surface area contributed by atoms with Crippen molar-refractivity contribution in [2.24, 2.45) is 0 Å². The second-order valence-electron chi connectivity index (χ2n) is 5.64. The molecule has 0 unspecified atom stereocenters. The highest BCUT2D eigenvalue weighted by atomic mass is 19.1. The van der Waals surface area contributed by atoms with Crippen molar-refractivity contribution in [3.05, 3.63) is 24.3 Å². The molecule has 2 heterocycles. The molecule has 0 radical (unpaired) electrons. The van der Waals surface area contributed by atoms with Crippen molar-refractivity contribution >= 4 is 11.7 Å². The number of pyridine rings is 1. The lowest BCUT2D eigenvalue weighted by atomic mass is 10.2. The molecule has 5 nitrogen and oxygen atoms in total. The van der Waals surface area contributed by atoms with Crippen LogP contribution in [0.4, 0.5) is 14.9 Å². The zero-order valence-corrected chi connectivity index (χ0v) is 13.2. The van der Waals surface area contributed by atoms with Gasteiger partial charge >= 0.3 is 6.03 Å². The Labute approximate surface area is 131 Å². The Balaban J connectivity index is 1.81. The van der Waals surface area contributed by atoms with E-state index in [0.717, 1.165) is 19.6 Å². The quantitative estimate of drug-likeness (QED) is 0.851. The number of carbonyl (C=O) groups is 1. The first-order valence-corrected chi connectivity index (χ1v) is 8.09. The molecule has 2 rings (SSSR count). The Bertz CT molecular complexity index is 458. The third-order valence-corrected chi connectivity index (χ3v) is 4.03. The van der Waals surface area contributed by atoms with E-state index in [1.54, 1.807) is 4.90 Å². The predicted octanol–water partition coefficient (Wildman–Crippen LogP) is 2.95. The van der Waals surface area contributed by atoms with Gasteiger partial charge in [0.1, 0.15) is 0 Å². The third kappa shape index (κ3) is 5.26. The summed E-state index contributed by atoms with van der Waals surface area (Å²) in [6, 6.07) is 2.59. The summed E-state index contributed by atoms with van der Waals surface area (Å²) >= 11 is 0. The van der Waals surface area contributed by atoms with Crippen LogP contribution in [-0.4, -0.2) is 53.5 Å². The van der Waals surface area contributed by atoms with E-state index < -0.39 is 5.95 Å². The minimum Gasteiger partial charge on any atom is -0.324 e. The zero-order valence-electron chi connectivity index (χ0n) is 13.2. The lowest BCUT2D eigenvalue weighted by Crippen LogP contribution is -2.41. The van der Waals surface area contributed by atoms with Gasteiger partial charge in [-0.3, -0.25) is 0 Å². The number of hydrogen-bond donors (Lipinski definition) is 1. The van der Waals surface area contributed by atoms with Gasteiger partial charge in [0.25, 0.3) is 0 Å². The first-order valence-electron chi connectivity index (χ1n) is 8.09. The molecule has 1 fully saturated rings. The lowest BCUT2D eigenvalue weighted by molar-refractivity contribution is 0.198. The highest BCUT2D eigenvalue weighted by Gasteiger charge is 2.15. The molecule has 1 aliphatic heterocycles. The van der Waals surface area contributed by atoms with Crippen LogP contribution in [0.1, 0.15) is 32.6 Å². The molecule has 1 saturated heterocycles. The molecule has 6 heteroatoms. The van der Waals surface area contributed by atoms with E-state index in [1.807, 2.05) is 6.92 Å². The maximum atomic E-state index is 12.8. The molecule has 0 aromatic carbocycles. The molecule has 1 N–H and O–H groups in total. The van der Waals surface area contributed by atoms with Gasteiger partial charge in [0.05, 0.1) is 11.9 Å². The van der Waals surface area contributed by atoms with Crippen LogP contribution in [0.15, 0.2) is 18.3 Å². The molecule has 0 bridgehead atoms. The molecule has 0 aliphatic carbocycles. The average Bonchev–Trinajstić information content (AvgIpc) is 2.79. The summed E-state index contributed by atoms with van der Waals surface area (Å²) < 4.78 is 12.8. The number of likely N-dealkylation sites (N-methyl/N-ethyl adjacent to an activating group) is 1. The molecule has 0 atom stereocenters. The summed E-state index contributed by atoms with van der Waals surface area (Å²) in [5, 5.41) is 2.76. The van der Waals surface area contributed by atoms with E-state index in [4.69, 9.17) is 0 Å². The van der Waals surface area contributed by atoms with Crippen molar-refractivity contribution in [3.63, 3.8) is 0 Å². The van der Waals surface area contributed by atoms with Gasteiger partial charge in [0.15, 0.2) is 0 Å². The number of hydrogen-bond acceptors (Lipinski definition) is 3. The summed E-state index contributed by atoms with van der Waals surface area (Å²) in [7, 11) is 0. The molecule has 0 saturated carbocycles. The zero-order chi connectivity index (χ0) is 15.8. The fourth-order valence-electron chi connectivity index (χ4n) is 2.68. The number of aromatic nitrogens is 1. The molecular formula is C16H25FN4O. The van der Waals surface area contributed by atoms with Gasteiger partial charge in [-0.2, -0.15) is 4.39 Å². The maximum absolute atomic E-state index is 12.8. The van der Waals surface area contributed by atoms with Crippen LogP contribution in [0.3, 0.4) is 0 Å². The Kier molecular flexibility index (Phi) is 6.58. The normalized spacial score (nSPS) is 16.1. The minimum atomic E-state index is -0.550. The number of carbonyl (C=O) groups excluding carboxylic acids is 1. The number of likely N-dealkylation sites (tertiary alicyclic amines) is 1. The Morgan fingerprint density at radius 2 is 2.05 bits per heavy atom. The maximum Gasteiger partial charge on any atom is 0.321 e. The molecule has 0 spiro atoms. The highest BCUT2D eigenvalue weighted by molar-refractivity contribution is 5.89. The van der Waals surface area contributed by atoms with Crippen LogP contribution < -0.4 is 5.32 Å². The van der Waals surface area contributed by atoms with Crippen molar-refractivity contribution < 1.29 is 9.18 Å². The summed E-state index contributed by atoms with van der Waals surface area (Å²) in [6.45, 7) is 6.47. The van der Waals surface area contributed by atoms with Gasteiger partial charge < -0.3 is 15.1 Å². The van der Waals surface area contributed by atoms with E-state index in [1.165, 1.54) is 44.0 Å². The van der Waals surface area contributed by atoms with Gasteiger partial charge in [-0.05, 0) is 45.0 Å². The van der Waals surface area contributed by atoms with E-state index in [2.05, 4.69) is 15.2 Å². The summed E-state index contributed by atoms with van der Waals surface area (Å²) in [5.74, 6) is -0.550. The second-order valence-corrected chi connectivity index (χ2v) is 5.64. The third-order valence-electron chi connectivity index (χ3n) is 4.03. The fourth-order valence-corrected chi connectivity index (χ4v) is 2.68. The first-order chi connectivity index (χ1) is 10.7. The van der Waals surface area contributed by atoms with Crippen molar-refractivity contribution in [2.75, 3.05) is 38.0 Å². The van der Waals surface area contributed by atoms with Crippen molar-refractivity contribution in [3.8, 4) is 0 Å². The topological polar surface area (TPSA) is 48.5 Å². The van der Waals surface area contributed by atoms with Crippen LogP contribution in [-0.2, 0) is 0 Å². The lowest BCUT2D eigenvalue weighted by Gasteiger charge is -2.26. The number of nitrogens with one attached hydrogen (secondary N) is 1.